The molecule has 0 N–H and O–H groups in total. The van der Waals surface area contributed by atoms with Gasteiger partial charge in [0, 0.05) is 13.5 Å². The second kappa shape index (κ2) is 9.00. The lowest BCUT2D eigenvalue weighted by Gasteiger charge is -2.34. The average molecular weight is 427 g/mol. The van der Waals surface area contributed by atoms with Crippen molar-refractivity contribution >= 4 is 33.4 Å². The highest BCUT2D eigenvalue weighted by molar-refractivity contribution is 7.18. The second-order valence-electron chi connectivity index (χ2n) is 8.00. The van der Waals surface area contributed by atoms with Crippen molar-refractivity contribution in [3.63, 3.8) is 0 Å². The number of esters is 1. The van der Waals surface area contributed by atoms with Crippen molar-refractivity contribution in [3.8, 4) is 0 Å². The summed E-state index contributed by atoms with van der Waals surface area (Å²) in [5.41, 5.74) is 0.373. The Labute approximate surface area is 179 Å². The summed E-state index contributed by atoms with van der Waals surface area (Å²) in [6.45, 7) is 0.0951. The fourth-order valence-corrected chi connectivity index (χ4v) is 5.19. The van der Waals surface area contributed by atoms with E-state index < -0.39 is 5.41 Å². The van der Waals surface area contributed by atoms with Gasteiger partial charge in [0.2, 0.25) is 0 Å². The summed E-state index contributed by atoms with van der Waals surface area (Å²) in [6.07, 6.45) is 6.80. The van der Waals surface area contributed by atoms with Crippen molar-refractivity contribution in [3.05, 3.63) is 53.4 Å². The molecule has 1 saturated carbocycles. The van der Waals surface area contributed by atoms with Gasteiger partial charge >= 0.3 is 5.97 Å². The highest BCUT2D eigenvalue weighted by Gasteiger charge is 2.42. The lowest BCUT2D eigenvalue weighted by molar-refractivity contribution is -0.163. The van der Waals surface area contributed by atoms with Crippen LogP contribution in [0.2, 0.25) is 0 Å². The third-order valence-corrected chi connectivity index (χ3v) is 6.83. The molecule has 30 heavy (non-hydrogen) atoms. The number of amides is 1. The molecule has 1 amide bonds. The zero-order valence-electron chi connectivity index (χ0n) is 17.1. The number of benzene rings is 1. The number of likely N-dealkylation sites (N-methyl/N-ethyl adjacent to an activating group) is 1. The molecule has 158 valence electrons. The number of carbonyl (C=O) groups is 2. The monoisotopic (exact) mass is 426 g/mol. The fraction of sp³-hybridized carbons (Fsp3) is 0.435. The lowest BCUT2D eigenvalue weighted by Crippen LogP contribution is -2.39. The molecule has 1 aliphatic rings. The Morgan fingerprint density at radius 3 is 2.70 bits per heavy atom. The average Bonchev–Trinajstić information content (AvgIpc) is 3.41. The minimum Gasteiger partial charge on any atom is -0.467 e. The Kier molecular flexibility index (Phi) is 6.18. The minimum absolute atomic E-state index is 0.245. The normalized spacial score (nSPS) is 15.8. The Bertz CT molecular complexity index is 972. The van der Waals surface area contributed by atoms with Crippen molar-refractivity contribution in [2.75, 3.05) is 13.7 Å². The van der Waals surface area contributed by atoms with Crippen LogP contribution in [0.3, 0.4) is 0 Å². The van der Waals surface area contributed by atoms with Crippen LogP contribution in [0.15, 0.2) is 47.1 Å². The molecule has 0 spiro atoms. The summed E-state index contributed by atoms with van der Waals surface area (Å²) in [5, 5.41) is 0.955. The van der Waals surface area contributed by atoms with Crippen LogP contribution >= 0.6 is 11.3 Å². The van der Waals surface area contributed by atoms with Gasteiger partial charge < -0.3 is 14.1 Å². The molecular weight excluding hydrogens is 400 g/mol. The molecule has 6 nitrogen and oxygen atoms in total. The predicted octanol–water partition coefficient (Wildman–Crippen LogP) is 4.58. The van der Waals surface area contributed by atoms with Crippen LogP contribution in [-0.2, 0) is 27.3 Å². The van der Waals surface area contributed by atoms with Gasteiger partial charge in [0.1, 0.15) is 5.76 Å². The first-order chi connectivity index (χ1) is 14.6. The number of aromatic nitrogens is 1. The molecule has 0 aliphatic heterocycles. The molecule has 2 aromatic heterocycles. The minimum atomic E-state index is -0.591. The van der Waals surface area contributed by atoms with E-state index in [0.29, 0.717) is 18.7 Å². The zero-order valence-corrected chi connectivity index (χ0v) is 18.0. The number of hydrogen-bond donors (Lipinski definition) is 0. The van der Waals surface area contributed by atoms with Crippen molar-refractivity contribution < 1.29 is 18.7 Å². The van der Waals surface area contributed by atoms with Crippen LogP contribution < -0.4 is 0 Å². The molecule has 1 fully saturated rings. The molecule has 4 rings (SSSR count). The molecule has 0 radical (unpaired) electrons. The summed E-state index contributed by atoms with van der Waals surface area (Å²) < 4.78 is 12.0. The molecule has 0 saturated heterocycles. The van der Waals surface area contributed by atoms with E-state index in [1.807, 2.05) is 24.3 Å². The maximum atomic E-state index is 13.1. The van der Waals surface area contributed by atoms with E-state index in [0.717, 1.165) is 47.3 Å². The number of fused-ring (bicyclic) bond motifs is 1. The molecule has 0 bridgehead atoms. The van der Waals surface area contributed by atoms with Gasteiger partial charge in [-0.3, -0.25) is 9.59 Å². The van der Waals surface area contributed by atoms with Crippen LogP contribution in [0.1, 0.15) is 42.9 Å². The highest BCUT2D eigenvalue weighted by Crippen LogP contribution is 2.41. The lowest BCUT2D eigenvalue weighted by atomic mass is 9.72. The number of carbonyl (C=O) groups excluding carboxylic acids is 2. The van der Waals surface area contributed by atoms with Crippen LogP contribution in [-0.4, -0.2) is 35.4 Å². The number of rotatable bonds is 7. The molecular formula is C23H26N2O4S. The third kappa shape index (κ3) is 4.56. The SMILES string of the molecule is CN(Cc1ccco1)C(=O)COC(=O)C1(Cc2nc3ccccc3s2)CCCCC1. The molecule has 2 heterocycles. The number of para-hydroxylation sites is 1. The first kappa shape index (κ1) is 20.6. The highest BCUT2D eigenvalue weighted by atomic mass is 32.1. The van der Waals surface area contributed by atoms with E-state index in [2.05, 4.69) is 6.07 Å². The Hall–Kier alpha value is -2.67. The quantitative estimate of drug-likeness (QED) is 0.517. The summed E-state index contributed by atoms with van der Waals surface area (Å²) in [7, 11) is 1.68. The molecule has 3 aromatic rings. The number of furan rings is 1. The third-order valence-electron chi connectivity index (χ3n) is 5.80. The number of thiazole rings is 1. The standard InChI is InChI=1S/C23H26N2O4S/c1-25(15-17-8-7-13-28-17)21(26)16-29-22(27)23(11-5-2-6-12-23)14-20-24-18-9-3-4-10-19(18)30-20/h3-4,7-10,13H,2,5-6,11-12,14-16H2,1H3. The van der Waals surface area contributed by atoms with Gasteiger partial charge in [-0.25, -0.2) is 4.98 Å². The van der Waals surface area contributed by atoms with Gasteiger partial charge in [-0.1, -0.05) is 31.4 Å². The summed E-state index contributed by atoms with van der Waals surface area (Å²) in [6, 6.07) is 11.6. The van der Waals surface area contributed by atoms with Gasteiger partial charge in [0.15, 0.2) is 6.61 Å². The fourth-order valence-electron chi connectivity index (χ4n) is 4.08. The van der Waals surface area contributed by atoms with Crippen molar-refractivity contribution in [2.24, 2.45) is 5.41 Å². The van der Waals surface area contributed by atoms with E-state index >= 15 is 0 Å². The van der Waals surface area contributed by atoms with Gasteiger partial charge in [0.05, 0.1) is 33.4 Å². The van der Waals surface area contributed by atoms with Gasteiger partial charge in [-0.05, 0) is 37.1 Å². The molecule has 1 aromatic carbocycles. The Balaban J connectivity index is 1.42. The van der Waals surface area contributed by atoms with Crippen molar-refractivity contribution in [2.45, 2.75) is 45.1 Å². The van der Waals surface area contributed by atoms with E-state index in [4.69, 9.17) is 14.1 Å². The molecule has 0 unspecified atom stereocenters. The number of hydrogen-bond acceptors (Lipinski definition) is 6. The molecule has 1 aliphatic carbocycles. The maximum absolute atomic E-state index is 13.1. The van der Waals surface area contributed by atoms with Crippen LogP contribution in [0.5, 0.6) is 0 Å². The first-order valence-corrected chi connectivity index (χ1v) is 11.2. The van der Waals surface area contributed by atoms with Crippen molar-refractivity contribution in [1.82, 2.24) is 9.88 Å². The van der Waals surface area contributed by atoms with E-state index in [-0.39, 0.29) is 18.5 Å². The van der Waals surface area contributed by atoms with E-state index in [9.17, 15) is 9.59 Å². The number of nitrogens with zero attached hydrogens (tertiary/aromatic N) is 2. The molecule has 0 atom stereocenters. The van der Waals surface area contributed by atoms with Gasteiger partial charge in [-0.15, -0.1) is 11.3 Å². The van der Waals surface area contributed by atoms with Gasteiger partial charge in [-0.2, -0.15) is 0 Å². The number of ether oxygens (including phenoxy) is 1. The van der Waals surface area contributed by atoms with Gasteiger partial charge in [0.25, 0.3) is 5.91 Å². The maximum Gasteiger partial charge on any atom is 0.313 e. The van der Waals surface area contributed by atoms with Crippen molar-refractivity contribution in [1.29, 1.82) is 0 Å². The zero-order chi connectivity index (χ0) is 21.0. The summed E-state index contributed by atoms with van der Waals surface area (Å²) in [5.74, 6) is 0.170. The van der Waals surface area contributed by atoms with E-state index in [1.165, 1.54) is 4.90 Å². The second-order valence-corrected chi connectivity index (χ2v) is 9.11. The largest absolute Gasteiger partial charge is 0.467 e. The molecule has 7 heteroatoms. The topological polar surface area (TPSA) is 72.6 Å². The van der Waals surface area contributed by atoms with E-state index in [1.54, 1.807) is 30.7 Å². The summed E-state index contributed by atoms with van der Waals surface area (Å²) in [4.78, 5) is 31.8. The Morgan fingerprint density at radius 1 is 1.17 bits per heavy atom. The van der Waals surface area contributed by atoms with Crippen LogP contribution in [0, 0.1) is 5.41 Å². The smallest absolute Gasteiger partial charge is 0.313 e. The van der Waals surface area contributed by atoms with Crippen LogP contribution in [0.4, 0.5) is 0 Å². The Morgan fingerprint density at radius 2 is 1.97 bits per heavy atom. The summed E-state index contributed by atoms with van der Waals surface area (Å²) >= 11 is 1.63. The first-order valence-electron chi connectivity index (χ1n) is 10.3. The predicted molar refractivity (Wildman–Crippen MR) is 115 cm³/mol. The van der Waals surface area contributed by atoms with Crippen LogP contribution in [0.25, 0.3) is 10.2 Å².